The summed E-state index contributed by atoms with van der Waals surface area (Å²) in [5.41, 5.74) is 4.14. The van der Waals surface area contributed by atoms with E-state index >= 15 is 0 Å². The van der Waals surface area contributed by atoms with Crippen LogP contribution in [-0.2, 0) is 10.5 Å². The second kappa shape index (κ2) is 9.63. The zero-order valence-electron chi connectivity index (χ0n) is 16.8. The Kier molecular flexibility index (Phi) is 6.50. The third-order valence-corrected chi connectivity index (χ3v) is 5.97. The van der Waals surface area contributed by atoms with Crippen molar-refractivity contribution in [2.24, 2.45) is 4.99 Å². The summed E-state index contributed by atoms with van der Waals surface area (Å²) in [6.07, 6.45) is 0. The Morgan fingerprint density at radius 3 is 2.20 bits per heavy atom. The lowest BCUT2D eigenvalue weighted by atomic mass is 9.95. The van der Waals surface area contributed by atoms with Crippen molar-refractivity contribution in [2.45, 2.75) is 24.8 Å². The third kappa shape index (κ3) is 4.74. The van der Waals surface area contributed by atoms with E-state index in [0.29, 0.717) is 12.2 Å². The van der Waals surface area contributed by atoms with Crippen LogP contribution in [0.25, 0.3) is 0 Å². The van der Waals surface area contributed by atoms with E-state index in [1.807, 2.05) is 43.3 Å². The van der Waals surface area contributed by atoms with Crippen LogP contribution in [0, 0.1) is 0 Å². The average molecular weight is 417 g/mol. The van der Waals surface area contributed by atoms with Gasteiger partial charge in [0.2, 0.25) is 0 Å². The molecule has 0 saturated carbocycles. The number of esters is 1. The number of amidine groups is 1. The van der Waals surface area contributed by atoms with Gasteiger partial charge in [-0.25, -0.2) is 4.79 Å². The first-order valence-corrected chi connectivity index (χ1v) is 11.1. The highest BCUT2D eigenvalue weighted by atomic mass is 32.2. The van der Waals surface area contributed by atoms with Crippen LogP contribution in [0.3, 0.4) is 0 Å². The smallest absolute Gasteiger partial charge is 0.338 e. The first-order valence-electron chi connectivity index (χ1n) is 10.1. The van der Waals surface area contributed by atoms with Crippen molar-refractivity contribution in [3.8, 4) is 0 Å². The summed E-state index contributed by atoms with van der Waals surface area (Å²) < 4.78 is 5.04. The Balaban J connectivity index is 1.47. The van der Waals surface area contributed by atoms with Gasteiger partial charge < -0.3 is 10.1 Å². The number of carbonyl (C=O) groups is 1. The number of nitrogens with one attached hydrogen (secondary N) is 1. The molecule has 1 heterocycles. The summed E-state index contributed by atoms with van der Waals surface area (Å²) >= 11 is 1.68. The molecule has 30 heavy (non-hydrogen) atoms. The Morgan fingerprint density at radius 2 is 1.57 bits per heavy atom. The minimum atomic E-state index is -0.282. The molecule has 0 bridgehead atoms. The number of ether oxygens (including phenoxy) is 1. The van der Waals surface area contributed by atoms with E-state index in [-0.39, 0.29) is 18.1 Å². The van der Waals surface area contributed by atoms with Crippen molar-refractivity contribution in [1.82, 2.24) is 5.32 Å². The molecule has 3 aromatic rings. The number of carbonyl (C=O) groups excluding carboxylic acids is 1. The van der Waals surface area contributed by atoms with E-state index in [4.69, 9.17) is 9.73 Å². The van der Waals surface area contributed by atoms with Gasteiger partial charge >= 0.3 is 5.97 Å². The average Bonchev–Trinajstić information content (AvgIpc) is 3.24. The fraction of sp³-hybridized carbons (Fsp3) is 0.200. The minimum absolute atomic E-state index is 0.0438. The predicted molar refractivity (Wildman–Crippen MR) is 123 cm³/mol. The number of rotatable bonds is 6. The highest BCUT2D eigenvalue weighted by Gasteiger charge is 2.31. The van der Waals surface area contributed by atoms with Crippen LogP contribution in [0.15, 0.2) is 89.9 Å². The molecule has 0 fully saturated rings. The van der Waals surface area contributed by atoms with E-state index in [9.17, 15) is 4.79 Å². The summed E-state index contributed by atoms with van der Waals surface area (Å²) in [4.78, 5) is 16.8. The fourth-order valence-corrected chi connectivity index (χ4v) is 4.37. The molecule has 152 valence electrons. The molecule has 5 heteroatoms. The summed E-state index contributed by atoms with van der Waals surface area (Å²) in [6, 6.07) is 28.6. The van der Waals surface area contributed by atoms with Crippen LogP contribution < -0.4 is 5.32 Å². The van der Waals surface area contributed by atoms with Gasteiger partial charge in [0.05, 0.1) is 18.2 Å². The molecular formula is C25H24N2O2S. The second-order valence-corrected chi connectivity index (χ2v) is 7.99. The summed E-state index contributed by atoms with van der Waals surface area (Å²) in [5.74, 6) is 0.493. The summed E-state index contributed by atoms with van der Waals surface area (Å²) in [5, 5.41) is 4.55. The van der Waals surface area contributed by atoms with Gasteiger partial charge in [0.15, 0.2) is 5.17 Å². The molecule has 0 aromatic heterocycles. The van der Waals surface area contributed by atoms with Gasteiger partial charge in [-0.1, -0.05) is 84.6 Å². The van der Waals surface area contributed by atoms with E-state index < -0.39 is 0 Å². The van der Waals surface area contributed by atoms with Crippen molar-refractivity contribution in [3.63, 3.8) is 0 Å². The molecule has 0 radical (unpaired) electrons. The first kappa shape index (κ1) is 20.2. The standard InChI is InChI=1S/C25H24N2O2S/c1-2-29-24(28)21-15-13-18(14-16-21)17-30-25-26-22(19-9-5-3-6-10-19)23(27-25)20-11-7-4-8-12-20/h3-16,22-23H,2,17H2,1H3,(H,26,27)/t22-,23+. The minimum Gasteiger partial charge on any atom is -0.462 e. The highest BCUT2D eigenvalue weighted by Crippen LogP contribution is 2.38. The van der Waals surface area contributed by atoms with Crippen LogP contribution in [0.1, 0.15) is 46.1 Å². The van der Waals surface area contributed by atoms with E-state index in [2.05, 4.69) is 53.8 Å². The van der Waals surface area contributed by atoms with E-state index in [1.165, 1.54) is 11.1 Å². The van der Waals surface area contributed by atoms with Gasteiger partial charge in [-0.2, -0.15) is 0 Å². The Bertz CT molecular complexity index is 1000. The molecule has 3 aromatic carbocycles. The van der Waals surface area contributed by atoms with E-state index in [0.717, 1.165) is 16.5 Å². The normalized spacial score (nSPS) is 17.8. The van der Waals surface area contributed by atoms with Gasteiger partial charge in [0, 0.05) is 5.75 Å². The molecule has 0 spiro atoms. The van der Waals surface area contributed by atoms with Crippen molar-refractivity contribution >= 4 is 22.9 Å². The molecule has 4 nitrogen and oxygen atoms in total. The zero-order chi connectivity index (χ0) is 20.8. The van der Waals surface area contributed by atoms with Crippen molar-refractivity contribution in [1.29, 1.82) is 0 Å². The zero-order valence-corrected chi connectivity index (χ0v) is 17.6. The van der Waals surface area contributed by atoms with Gasteiger partial charge in [0.25, 0.3) is 0 Å². The van der Waals surface area contributed by atoms with Crippen LogP contribution in [-0.4, -0.2) is 17.7 Å². The topological polar surface area (TPSA) is 50.7 Å². The predicted octanol–water partition coefficient (Wildman–Crippen LogP) is 5.54. The number of hydrogen-bond acceptors (Lipinski definition) is 5. The second-order valence-electron chi connectivity index (χ2n) is 7.03. The quantitative estimate of drug-likeness (QED) is 0.536. The molecule has 2 atom stereocenters. The molecule has 0 unspecified atom stereocenters. The highest BCUT2D eigenvalue weighted by molar-refractivity contribution is 8.13. The van der Waals surface area contributed by atoms with Gasteiger partial charge in [-0.15, -0.1) is 0 Å². The Hall–Kier alpha value is -3.05. The lowest BCUT2D eigenvalue weighted by molar-refractivity contribution is 0.0526. The SMILES string of the molecule is CCOC(=O)c1ccc(CSC2=N[C@H](c3ccccc3)[C@H](c3ccccc3)N2)cc1. The lowest BCUT2D eigenvalue weighted by Gasteiger charge is -2.19. The maximum Gasteiger partial charge on any atom is 0.338 e. The molecular weight excluding hydrogens is 392 g/mol. The number of benzene rings is 3. The van der Waals surface area contributed by atoms with Gasteiger partial charge in [-0.05, 0) is 35.7 Å². The van der Waals surface area contributed by atoms with Crippen LogP contribution in [0.2, 0.25) is 0 Å². The largest absolute Gasteiger partial charge is 0.462 e. The summed E-state index contributed by atoms with van der Waals surface area (Å²) in [6.45, 7) is 2.19. The van der Waals surface area contributed by atoms with E-state index in [1.54, 1.807) is 11.8 Å². The van der Waals surface area contributed by atoms with Crippen molar-refractivity contribution < 1.29 is 9.53 Å². The maximum atomic E-state index is 11.8. The number of aliphatic imine (C=N–C) groups is 1. The van der Waals surface area contributed by atoms with Crippen LogP contribution in [0.4, 0.5) is 0 Å². The first-order chi connectivity index (χ1) is 14.7. The molecule has 0 saturated heterocycles. The summed E-state index contributed by atoms with van der Waals surface area (Å²) in [7, 11) is 0. The van der Waals surface area contributed by atoms with Gasteiger partial charge in [0.1, 0.15) is 6.04 Å². The van der Waals surface area contributed by atoms with Gasteiger partial charge in [-0.3, -0.25) is 4.99 Å². The Morgan fingerprint density at radius 1 is 0.933 bits per heavy atom. The molecule has 1 aliphatic heterocycles. The molecule has 1 N–H and O–H groups in total. The number of nitrogens with zero attached hydrogens (tertiary/aromatic N) is 1. The van der Waals surface area contributed by atoms with Crippen molar-refractivity contribution in [3.05, 3.63) is 107 Å². The van der Waals surface area contributed by atoms with Crippen molar-refractivity contribution in [2.75, 3.05) is 6.61 Å². The molecule has 0 amide bonds. The third-order valence-electron chi connectivity index (χ3n) is 4.99. The Labute approximate surface area is 181 Å². The number of hydrogen-bond donors (Lipinski definition) is 1. The maximum absolute atomic E-state index is 11.8. The monoisotopic (exact) mass is 416 g/mol. The number of thioether (sulfide) groups is 1. The molecule has 1 aliphatic rings. The fourth-order valence-electron chi connectivity index (χ4n) is 3.48. The molecule has 4 rings (SSSR count). The lowest BCUT2D eigenvalue weighted by Crippen LogP contribution is -2.22. The van der Waals surface area contributed by atoms with Crippen LogP contribution in [0.5, 0.6) is 0 Å². The molecule has 0 aliphatic carbocycles. The van der Waals surface area contributed by atoms with Crippen LogP contribution >= 0.6 is 11.8 Å².